The van der Waals surface area contributed by atoms with Gasteiger partial charge in [-0.3, -0.25) is 0 Å². The fraction of sp³-hybridized carbons (Fsp3) is 0.600. The van der Waals surface area contributed by atoms with Crippen molar-refractivity contribution >= 4 is 19.7 Å². The molecular weight excluding hydrogens is 260 g/mol. The number of hydrogen-bond acceptors (Lipinski definition) is 1. The molecule has 1 aromatic rings. The van der Waals surface area contributed by atoms with Crippen LogP contribution in [0, 0.1) is 0 Å². The van der Waals surface area contributed by atoms with Crippen molar-refractivity contribution in [3.63, 3.8) is 0 Å². The van der Waals surface area contributed by atoms with Gasteiger partial charge in [-0.15, -0.1) is 11.6 Å². The smallest absolute Gasteiger partial charge is 0.0801 e. The molecule has 3 heteroatoms. The van der Waals surface area contributed by atoms with Gasteiger partial charge in [-0.1, -0.05) is 64.2 Å². The normalized spacial score (nSPS) is 16.4. The molecule has 0 aliphatic rings. The highest BCUT2D eigenvalue weighted by Gasteiger charge is 2.41. The van der Waals surface area contributed by atoms with Crippen molar-refractivity contribution in [3.8, 4) is 0 Å². The second-order valence-electron chi connectivity index (χ2n) is 6.60. The molecule has 1 rings (SSSR count). The van der Waals surface area contributed by atoms with Gasteiger partial charge in [0.2, 0.25) is 0 Å². The van der Waals surface area contributed by atoms with Crippen molar-refractivity contribution < 1.29 is 5.11 Å². The zero-order chi connectivity index (χ0) is 14.0. The van der Waals surface area contributed by atoms with Gasteiger partial charge in [-0.2, -0.15) is 0 Å². The van der Waals surface area contributed by atoms with E-state index in [9.17, 15) is 5.11 Å². The van der Waals surface area contributed by atoms with E-state index in [4.69, 9.17) is 11.6 Å². The van der Waals surface area contributed by atoms with Crippen LogP contribution in [-0.4, -0.2) is 18.2 Å². The van der Waals surface area contributed by atoms with E-state index < -0.39 is 14.2 Å². The average Bonchev–Trinajstić information content (AvgIpc) is 2.28. The van der Waals surface area contributed by atoms with Crippen molar-refractivity contribution in [3.05, 3.63) is 35.9 Å². The van der Waals surface area contributed by atoms with Gasteiger partial charge < -0.3 is 5.11 Å². The molecule has 0 fully saturated rings. The first kappa shape index (κ1) is 15.7. The standard InChI is InChI=1S/C15H25ClOSi/c1-15(2,3)18(4,5)14(16)11-13(17)12-9-7-6-8-10-12/h6-10,13-14,17H,11H2,1-5H3. The molecule has 0 spiro atoms. The molecule has 0 saturated heterocycles. The Hall–Kier alpha value is -0.313. The number of alkyl halides is 1. The molecule has 1 nitrogen and oxygen atoms in total. The lowest BCUT2D eigenvalue weighted by Crippen LogP contribution is -2.47. The number of aliphatic hydroxyl groups is 1. The molecule has 0 aliphatic carbocycles. The van der Waals surface area contributed by atoms with Crippen LogP contribution in [-0.2, 0) is 0 Å². The minimum absolute atomic E-state index is 0.0766. The first-order chi connectivity index (χ1) is 8.16. The number of benzene rings is 1. The van der Waals surface area contributed by atoms with Crippen molar-refractivity contribution in [1.82, 2.24) is 0 Å². The van der Waals surface area contributed by atoms with Gasteiger partial charge in [-0.25, -0.2) is 0 Å². The van der Waals surface area contributed by atoms with Gasteiger partial charge in [0, 0.05) is 5.00 Å². The lowest BCUT2D eigenvalue weighted by molar-refractivity contribution is 0.171. The summed E-state index contributed by atoms with van der Waals surface area (Å²) in [4.78, 5) is 0. The molecule has 102 valence electrons. The second-order valence-corrected chi connectivity index (χ2v) is 13.1. The lowest BCUT2D eigenvalue weighted by Gasteiger charge is -2.41. The van der Waals surface area contributed by atoms with Gasteiger partial charge in [0.05, 0.1) is 14.2 Å². The molecule has 2 atom stereocenters. The summed E-state index contributed by atoms with van der Waals surface area (Å²) >= 11 is 6.60. The molecule has 18 heavy (non-hydrogen) atoms. The molecule has 1 N–H and O–H groups in total. The number of halogens is 1. The number of rotatable bonds is 4. The van der Waals surface area contributed by atoms with Crippen LogP contribution in [0.5, 0.6) is 0 Å². The zero-order valence-electron chi connectivity index (χ0n) is 12.1. The lowest BCUT2D eigenvalue weighted by atomic mass is 10.1. The third-order valence-electron chi connectivity index (χ3n) is 4.33. The molecule has 1 aromatic carbocycles. The van der Waals surface area contributed by atoms with E-state index in [0.717, 1.165) is 5.56 Å². The zero-order valence-corrected chi connectivity index (χ0v) is 13.8. The van der Waals surface area contributed by atoms with Crippen LogP contribution >= 0.6 is 11.6 Å². The number of hydrogen-bond donors (Lipinski definition) is 1. The SMILES string of the molecule is CC(C)(C)[Si](C)(C)C(Cl)CC(O)c1ccccc1. The Bertz CT molecular complexity index is 370. The highest BCUT2D eigenvalue weighted by molar-refractivity contribution is 6.87. The molecular formula is C15H25ClOSi. The van der Waals surface area contributed by atoms with E-state index >= 15 is 0 Å². The van der Waals surface area contributed by atoms with Crippen LogP contribution in [0.4, 0.5) is 0 Å². The molecule has 0 amide bonds. The van der Waals surface area contributed by atoms with Crippen molar-refractivity contribution in [2.75, 3.05) is 0 Å². The molecule has 0 radical (unpaired) electrons. The van der Waals surface area contributed by atoms with Crippen LogP contribution in [0.1, 0.15) is 38.9 Å². The third-order valence-corrected chi connectivity index (χ3v) is 11.8. The van der Waals surface area contributed by atoms with E-state index in [0.29, 0.717) is 6.42 Å². The van der Waals surface area contributed by atoms with Gasteiger partial charge in [0.25, 0.3) is 0 Å². The summed E-state index contributed by atoms with van der Waals surface area (Å²) < 4.78 is 0. The maximum Gasteiger partial charge on any atom is 0.0801 e. The molecule has 0 aromatic heterocycles. The maximum absolute atomic E-state index is 10.3. The maximum atomic E-state index is 10.3. The van der Waals surface area contributed by atoms with E-state index in [1.807, 2.05) is 30.3 Å². The molecule has 0 saturated carbocycles. The number of aliphatic hydroxyl groups excluding tert-OH is 1. The summed E-state index contributed by atoms with van der Waals surface area (Å²) in [7, 11) is -1.60. The highest BCUT2D eigenvalue weighted by atomic mass is 35.5. The predicted octanol–water partition coefficient (Wildman–Crippen LogP) is 4.77. The van der Waals surface area contributed by atoms with Crippen LogP contribution < -0.4 is 0 Å². The summed E-state index contributed by atoms with van der Waals surface area (Å²) in [5, 5.41) is 10.6. The molecule has 0 bridgehead atoms. The largest absolute Gasteiger partial charge is 0.388 e. The van der Waals surface area contributed by atoms with Crippen molar-refractivity contribution in [1.29, 1.82) is 0 Å². The fourth-order valence-corrected chi connectivity index (χ4v) is 4.67. The monoisotopic (exact) mass is 284 g/mol. The molecule has 0 heterocycles. The Kier molecular flexibility index (Phi) is 5.04. The average molecular weight is 285 g/mol. The van der Waals surface area contributed by atoms with Crippen LogP contribution in [0.2, 0.25) is 18.1 Å². The third kappa shape index (κ3) is 3.59. The second kappa shape index (κ2) is 5.77. The summed E-state index contributed by atoms with van der Waals surface area (Å²) in [6, 6.07) is 9.78. The summed E-state index contributed by atoms with van der Waals surface area (Å²) in [6.45, 7) is 11.4. The van der Waals surface area contributed by atoms with E-state index in [1.54, 1.807) is 0 Å². The van der Waals surface area contributed by atoms with Crippen LogP contribution in [0.3, 0.4) is 0 Å². The Labute approximate surface area is 117 Å². The first-order valence-corrected chi connectivity index (χ1v) is 10.0. The first-order valence-electron chi connectivity index (χ1n) is 6.53. The van der Waals surface area contributed by atoms with Crippen LogP contribution in [0.15, 0.2) is 30.3 Å². The van der Waals surface area contributed by atoms with E-state index in [1.165, 1.54) is 0 Å². The van der Waals surface area contributed by atoms with Crippen molar-refractivity contribution in [2.24, 2.45) is 0 Å². The van der Waals surface area contributed by atoms with E-state index in [2.05, 4.69) is 33.9 Å². The van der Waals surface area contributed by atoms with E-state index in [-0.39, 0.29) is 10.0 Å². The Morgan fingerprint density at radius 3 is 2.11 bits per heavy atom. The molecule has 2 unspecified atom stereocenters. The Balaban J connectivity index is 2.74. The van der Waals surface area contributed by atoms with Crippen LogP contribution in [0.25, 0.3) is 0 Å². The topological polar surface area (TPSA) is 20.2 Å². The quantitative estimate of drug-likeness (QED) is 0.624. The predicted molar refractivity (Wildman–Crippen MR) is 82.9 cm³/mol. The fourth-order valence-electron chi connectivity index (χ4n) is 1.77. The minimum Gasteiger partial charge on any atom is -0.388 e. The minimum atomic E-state index is -1.60. The van der Waals surface area contributed by atoms with Gasteiger partial charge in [0.15, 0.2) is 0 Å². The van der Waals surface area contributed by atoms with Gasteiger partial charge >= 0.3 is 0 Å². The Morgan fingerprint density at radius 2 is 1.67 bits per heavy atom. The van der Waals surface area contributed by atoms with Crippen molar-refractivity contribution in [2.45, 2.75) is 56.4 Å². The highest BCUT2D eigenvalue weighted by Crippen LogP contribution is 2.42. The van der Waals surface area contributed by atoms with Gasteiger partial charge in [0.1, 0.15) is 0 Å². The molecule has 0 aliphatic heterocycles. The summed E-state index contributed by atoms with van der Waals surface area (Å²) in [6.07, 6.45) is 0.185. The van der Waals surface area contributed by atoms with Gasteiger partial charge in [-0.05, 0) is 17.0 Å². The Morgan fingerprint density at radius 1 is 1.17 bits per heavy atom. The summed E-state index contributed by atoms with van der Waals surface area (Å²) in [5.41, 5.74) is 0.960. The summed E-state index contributed by atoms with van der Waals surface area (Å²) in [5.74, 6) is 0.